The SMILES string of the molecule is CNc1cc(N(CCC(C)C)C2CC2)nc(C(F)(F)F)n1. The average molecular weight is 302 g/mol. The molecule has 0 radical (unpaired) electrons. The molecule has 2 rings (SSSR count). The Balaban J connectivity index is 2.30. The first-order chi connectivity index (χ1) is 9.81. The number of aromatic nitrogens is 2. The normalized spacial score (nSPS) is 15.4. The number of hydrogen-bond donors (Lipinski definition) is 1. The van der Waals surface area contributed by atoms with Gasteiger partial charge in [-0.25, -0.2) is 9.97 Å². The van der Waals surface area contributed by atoms with Crippen molar-refractivity contribution in [3.05, 3.63) is 11.9 Å². The zero-order chi connectivity index (χ0) is 15.6. The molecule has 0 bridgehead atoms. The molecule has 1 saturated carbocycles. The molecule has 0 unspecified atom stereocenters. The molecular formula is C14H21F3N4. The fourth-order valence-electron chi connectivity index (χ4n) is 2.10. The van der Waals surface area contributed by atoms with Crippen LogP contribution in [0.4, 0.5) is 24.8 Å². The molecule has 0 aromatic carbocycles. The molecule has 0 spiro atoms. The van der Waals surface area contributed by atoms with E-state index in [4.69, 9.17) is 0 Å². The van der Waals surface area contributed by atoms with Gasteiger partial charge in [-0.05, 0) is 25.2 Å². The number of rotatable bonds is 6. The van der Waals surface area contributed by atoms with Crippen molar-refractivity contribution in [2.75, 3.05) is 23.8 Å². The zero-order valence-electron chi connectivity index (χ0n) is 12.5. The third kappa shape index (κ3) is 4.22. The first kappa shape index (κ1) is 15.9. The molecule has 1 aliphatic rings. The highest BCUT2D eigenvalue weighted by Gasteiger charge is 2.37. The van der Waals surface area contributed by atoms with Gasteiger partial charge in [-0.15, -0.1) is 0 Å². The Hall–Kier alpha value is -1.53. The number of alkyl halides is 3. The van der Waals surface area contributed by atoms with E-state index in [1.165, 1.54) is 0 Å². The molecule has 1 aliphatic carbocycles. The van der Waals surface area contributed by atoms with Crippen molar-refractivity contribution in [3.8, 4) is 0 Å². The molecule has 7 heteroatoms. The zero-order valence-corrected chi connectivity index (χ0v) is 12.5. The quantitative estimate of drug-likeness (QED) is 0.872. The number of nitrogens with zero attached hydrogens (tertiary/aromatic N) is 3. The number of halogens is 3. The van der Waals surface area contributed by atoms with Crippen LogP contribution >= 0.6 is 0 Å². The molecule has 1 aromatic rings. The van der Waals surface area contributed by atoms with Crippen molar-refractivity contribution in [1.82, 2.24) is 9.97 Å². The van der Waals surface area contributed by atoms with Crippen LogP contribution in [0.15, 0.2) is 6.07 Å². The van der Waals surface area contributed by atoms with E-state index in [9.17, 15) is 13.2 Å². The molecule has 1 fully saturated rings. The van der Waals surface area contributed by atoms with Crippen LogP contribution in [0.5, 0.6) is 0 Å². The summed E-state index contributed by atoms with van der Waals surface area (Å²) >= 11 is 0. The van der Waals surface area contributed by atoms with Gasteiger partial charge in [0.1, 0.15) is 11.6 Å². The van der Waals surface area contributed by atoms with Crippen molar-refractivity contribution in [2.24, 2.45) is 5.92 Å². The fraction of sp³-hybridized carbons (Fsp3) is 0.714. The second-order valence-electron chi connectivity index (χ2n) is 5.79. The van der Waals surface area contributed by atoms with Crippen LogP contribution in [-0.4, -0.2) is 29.6 Å². The Bertz CT molecular complexity index is 484. The van der Waals surface area contributed by atoms with E-state index in [1.54, 1.807) is 13.1 Å². The van der Waals surface area contributed by atoms with Gasteiger partial charge in [-0.3, -0.25) is 0 Å². The summed E-state index contributed by atoms with van der Waals surface area (Å²) in [6.45, 7) is 4.93. The van der Waals surface area contributed by atoms with E-state index in [1.807, 2.05) is 4.90 Å². The lowest BCUT2D eigenvalue weighted by molar-refractivity contribution is -0.144. The second-order valence-corrected chi connectivity index (χ2v) is 5.79. The van der Waals surface area contributed by atoms with Crippen LogP contribution in [-0.2, 0) is 6.18 Å². The van der Waals surface area contributed by atoms with E-state index < -0.39 is 12.0 Å². The summed E-state index contributed by atoms with van der Waals surface area (Å²) < 4.78 is 38.7. The summed E-state index contributed by atoms with van der Waals surface area (Å²) in [6.07, 6.45) is -1.58. The first-order valence-electron chi connectivity index (χ1n) is 7.22. The third-order valence-electron chi connectivity index (χ3n) is 3.45. The van der Waals surface area contributed by atoms with Gasteiger partial charge in [-0.2, -0.15) is 13.2 Å². The lowest BCUT2D eigenvalue weighted by Gasteiger charge is -2.25. The minimum atomic E-state index is -4.53. The monoisotopic (exact) mass is 302 g/mol. The summed E-state index contributed by atoms with van der Waals surface area (Å²) in [5.74, 6) is -0.0224. The van der Waals surface area contributed by atoms with Crippen LogP contribution < -0.4 is 10.2 Å². The maximum absolute atomic E-state index is 12.9. The van der Waals surface area contributed by atoms with Gasteiger partial charge in [-0.1, -0.05) is 13.8 Å². The Morgan fingerprint density at radius 3 is 2.48 bits per heavy atom. The lowest BCUT2D eigenvalue weighted by atomic mass is 10.1. The summed E-state index contributed by atoms with van der Waals surface area (Å²) in [6, 6.07) is 1.90. The summed E-state index contributed by atoms with van der Waals surface area (Å²) in [4.78, 5) is 9.23. The maximum atomic E-state index is 12.9. The Morgan fingerprint density at radius 1 is 1.33 bits per heavy atom. The summed E-state index contributed by atoms with van der Waals surface area (Å²) in [5, 5.41) is 2.68. The molecule has 118 valence electrons. The average Bonchev–Trinajstić information content (AvgIpc) is 3.22. The van der Waals surface area contributed by atoms with Gasteiger partial charge in [0, 0.05) is 25.7 Å². The van der Waals surface area contributed by atoms with E-state index in [0.29, 0.717) is 17.8 Å². The van der Waals surface area contributed by atoms with Gasteiger partial charge in [0.05, 0.1) is 0 Å². The Morgan fingerprint density at radius 2 is 2.00 bits per heavy atom. The van der Waals surface area contributed by atoms with Crippen molar-refractivity contribution < 1.29 is 13.2 Å². The lowest BCUT2D eigenvalue weighted by Crippen LogP contribution is -2.29. The number of anilines is 2. The molecule has 0 saturated heterocycles. The second kappa shape index (κ2) is 6.07. The standard InChI is InChI=1S/C14H21F3N4/c1-9(2)6-7-21(10-4-5-10)12-8-11(18-3)19-13(20-12)14(15,16)17/h8-10H,4-7H2,1-3H3,(H,18,19,20). The van der Waals surface area contributed by atoms with Crippen LogP contribution in [0.2, 0.25) is 0 Å². The predicted molar refractivity (Wildman–Crippen MR) is 76.4 cm³/mol. The highest BCUT2D eigenvalue weighted by molar-refractivity contribution is 5.51. The molecule has 21 heavy (non-hydrogen) atoms. The Kier molecular flexibility index (Phi) is 4.58. The van der Waals surface area contributed by atoms with Crippen molar-refractivity contribution in [3.63, 3.8) is 0 Å². The van der Waals surface area contributed by atoms with E-state index >= 15 is 0 Å². The highest BCUT2D eigenvalue weighted by Crippen LogP contribution is 2.34. The Labute approximate surface area is 122 Å². The smallest absolute Gasteiger partial charge is 0.373 e. The highest BCUT2D eigenvalue weighted by atomic mass is 19.4. The number of hydrogen-bond acceptors (Lipinski definition) is 4. The third-order valence-corrected chi connectivity index (χ3v) is 3.45. The molecule has 0 aliphatic heterocycles. The molecule has 1 aromatic heterocycles. The molecular weight excluding hydrogens is 281 g/mol. The van der Waals surface area contributed by atoms with Crippen LogP contribution in [0.1, 0.15) is 38.9 Å². The van der Waals surface area contributed by atoms with Crippen molar-refractivity contribution in [2.45, 2.75) is 45.3 Å². The van der Waals surface area contributed by atoms with E-state index in [0.717, 1.165) is 25.8 Å². The number of nitrogens with one attached hydrogen (secondary N) is 1. The van der Waals surface area contributed by atoms with E-state index in [2.05, 4.69) is 29.1 Å². The van der Waals surface area contributed by atoms with Gasteiger partial charge >= 0.3 is 6.18 Å². The molecule has 1 heterocycles. The first-order valence-corrected chi connectivity index (χ1v) is 7.22. The molecule has 1 N–H and O–H groups in total. The summed E-state index contributed by atoms with van der Waals surface area (Å²) in [7, 11) is 1.56. The molecule has 0 atom stereocenters. The topological polar surface area (TPSA) is 41.0 Å². The van der Waals surface area contributed by atoms with Crippen LogP contribution in [0, 0.1) is 5.92 Å². The van der Waals surface area contributed by atoms with Crippen LogP contribution in [0.25, 0.3) is 0 Å². The van der Waals surface area contributed by atoms with Gasteiger partial charge in [0.15, 0.2) is 0 Å². The largest absolute Gasteiger partial charge is 0.451 e. The maximum Gasteiger partial charge on any atom is 0.451 e. The van der Waals surface area contributed by atoms with Gasteiger partial charge in [0.25, 0.3) is 0 Å². The van der Waals surface area contributed by atoms with Crippen molar-refractivity contribution in [1.29, 1.82) is 0 Å². The predicted octanol–water partition coefficient (Wildman–Crippen LogP) is 3.55. The van der Waals surface area contributed by atoms with Crippen molar-refractivity contribution >= 4 is 11.6 Å². The van der Waals surface area contributed by atoms with Crippen LogP contribution in [0.3, 0.4) is 0 Å². The minimum Gasteiger partial charge on any atom is -0.373 e. The van der Waals surface area contributed by atoms with Gasteiger partial charge in [0.2, 0.25) is 5.82 Å². The molecule has 4 nitrogen and oxygen atoms in total. The minimum absolute atomic E-state index is 0.197. The summed E-state index contributed by atoms with van der Waals surface area (Å²) in [5.41, 5.74) is 0. The van der Waals surface area contributed by atoms with E-state index in [-0.39, 0.29) is 5.82 Å². The fourth-order valence-corrected chi connectivity index (χ4v) is 2.10. The van der Waals surface area contributed by atoms with Gasteiger partial charge < -0.3 is 10.2 Å². The molecule has 0 amide bonds.